The summed E-state index contributed by atoms with van der Waals surface area (Å²) in [6.45, 7) is -1.51. The van der Waals surface area contributed by atoms with Crippen LogP contribution in [0.25, 0.3) is 5.82 Å². The predicted molar refractivity (Wildman–Crippen MR) is 95.7 cm³/mol. The molecule has 0 amide bonds. The number of rotatable bonds is 5. The zero-order chi connectivity index (χ0) is 22.8. The summed E-state index contributed by atoms with van der Waals surface area (Å²) in [6.07, 6.45) is -7.58. The number of aromatic nitrogens is 3. The fraction of sp³-hybridized carbons (Fsp3) is 0.167. The monoisotopic (exact) mass is 465 g/mol. The van der Waals surface area contributed by atoms with Gasteiger partial charge >= 0.3 is 12.4 Å². The predicted octanol–water partition coefficient (Wildman–Crippen LogP) is 5.03. The number of alkyl halides is 6. The van der Waals surface area contributed by atoms with Crippen molar-refractivity contribution < 1.29 is 35.8 Å². The van der Waals surface area contributed by atoms with Gasteiger partial charge in [0.15, 0.2) is 23.2 Å². The molecule has 0 spiro atoms. The van der Waals surface area contributed by atoms with E-state index in [2.05, 4.69) is 14.8 Å². The van der Waals surface area contributed by atoms with Gasteiger partial charge in [-0.3, -0.25) is 4.79 Å². The second-order valence-corrected chi connectivity index (χ2v) is 6.30. The summed E-state index contributed by atoms with van der Waals surface area (Å²) in [7, 11) is 0. The quantitative estimate of drug-likeness (QED) is 0.494. The molecule has 0 fully saturated rings. The number of hydrogen-bond acceptors (Lipinski definition) is 5. The van der Waals surface area contributed by atoms with Crippen LogP contribution in [0.15, 0.2) is 53.6 Å². The first kappa shape index (κ1) is 22.4. The third kappa shape index (κ3) is 5.66. The van der Waals surface area contributed by atoms with Crippen LogP contribution in [0.2, 0.25) is 5.02 Å². The van der Waals surface area contributed by atoms with Crippen LogP contribution in [-0.2, 0) is 6.18 Å². The maximum Gasteiger partial charge on any atom is 0.422 e. The first-order valence-corrected chi connectivity index (χ1v) is 8.61. The van der Waals surface area contributed by atoms with Gasteiger partial charge in [-0.1, -0.05) is 17.7 Å². The molecule has 0 atom stereocenters. The van der Waals surface area contributed by atoms with Crippen LogP contribution >= 0.6 is 11.6 Å². The highest BCUT2D eigenvalue weighted by atomic mass is 35.5. The molecule has 2 aromatic heterocycles. The standard InChI is InChI=1S/C18H10ClF6N3O3/c19-15-13(31-12-3-1-2-11(6-12)30-9-17(20,21)22)8-27-28(16(15)29)14-5-4-10(7-26-14)18(23,24)25/h1-8H,9H2. The van der Waals surface area contributed by atoms with Crippen molar-refractivity contribution >= 4 is 11.6 Å². The Hall–Kier alpha value is -3.28. The van der Waals surface area contributed by atoms with E-state index >= 15 is 0 Å². The van der Waals surface area contributed by atoms with Gasteiger partial charge in [-0.25, -0.2) is 4.98 Å². The first-order chi connectivity index (χ1) is 14.4. The maximum absolute atomic E-state index is 12.6. The van der Waals surface area contributed by atoms with Crippen LogP contribution in [0.4, 0.5) is 26.3 Å². The Bertz CT molecular complexity index is 1130. The maximum atomic E-state index is 12.6. The fourth-order valence-electron chi connectivity index (χ4n) is 2.25. The molecule has 0 bridgehead atoms. The molecule has 0 saturated heterocycles. The van der Waals surface area contributed by atoms with E-state index in [-0.39, 0.29) is 23.1 Å². The van der Waals surface area contributed by atoms with E-state index in [0.717, 1.165) is 24.4 Å². The third-order valence-electron chi connectivity index (χ3n) is 3.61. The molecule has 0 radical (unpaired) electrons. The van der Waals surface area contributed by atoms with Crippen molar-refractivity contribution in [2.24, 2.45) is 0 Å². The lowest BCUT2D eigenvalue weighted by Crippen LogP contribution is -2.23. The molecule has 0 unspecified atom stereocenters. The van der Waals surface area contributed by atoms with Crippen molar-refractivity contribution in [3.05, 3.63) is 69.7 Å². The number of ether oxygens (including phenoxy) is 2. The number of nitrogens with zero attached hydrogens (tertiary/aromatic N) is 3. The lowest BCUT2D eigenvalue weighted by molar-refractivity contribution is -0.153. The van der Waals surface area contributed by atoms with Crippen molar-refractivity contribution in [3.8, 4) is 23.1 Å². The number of pyridine rings is 1. The summed E-state index contributed by atoms with van der Waals surface area (Å²) in [5.74, 6) is -0.578. The van der Waals surface area contributed by atoms with Gasteiger partial charge < -0.3 is 9.47 Å². The highest BCUT2D eigenvalue weighted by molar-refractivity contribution is 6.31. The molecule has 164 valence electrons. The lowest BCUT2D eigenvalue weighted by atomic mass is 10.3. The fourth-order valence-corrected chi connectivity index (χ4v) is 2.42. The van der Waals surface area contributed by atoms with Crippen molar-refractivity contribution in [2.75, 3.05) is 6.61 Å². The Morgan fingerprint density at radius 3 is 2.32 bits per heavy atom. The lowest BCUT2D eigenvalue weighted by Gasteiger charge is -2.12. The highest BCUT2D eigenvalue weighted by Gasteiger charge is 2.31. The van der Waals surface area contributed by atoms with Crippen molar-refractivity contribution in [2.45, 2.75) is 12.4 Å². The van der Waals surface area contributed by atoms with Gasteiger partial charge in [0.1, 0.15) is 11.5 Å². The van der Waals surface area contributed by atoms with Crippen LogP contribution in [0.1, 0.15) is 5.56 Å². The van der Waals surface area contributed by atoms with Crippen molar-refractivity contribution in [1.82, 2.24) is 14.8 Å². The van der Waals surface area contributed by atoms with Crippen molar-refractivity contribution in [1.29, 1.82) is 0 Å². The van der Waals surface area contributed by atoms with Gasteiger partial charge in [-0.2, -0.15) is 36.1 Å². The minimum absolute atomic E-state index is 0.00757. The van der Waals surface area contributed by atoms with Crippen LogP contribution in [0.3, 0.4) is 0 Å². The smallest absolute Gasteiger partial charge is 0.422 e. The van der Waals surface area contributed by atoms with E-state index in [4.69, 9.17) is 16.3 Å². The third-order valence-corrected chi connectivity index (χ3v) is 3.96. The topological polar surface area (TPSA) is 66.2 Å². The Labute approximate surface area is 174 Å². The molecule has 0 aliphatic heterocycles. The van der Waals surface area contributed by atoms with Gasteiger partial charge in [0.2, 0.25) is 0 Å². The summed E-state index contributed by atoms with van der Waals surface area (Å²) in [4.78, 5) is 16.0. The largest absolute Gasteiger partial charge is 0.484 e. The van der Waals surface area contributed by atoms with Crippen molar-refractivity contribution in [3.63, 3.8) is 0 Å². The molecule has 0 N–H and O–H groups in total. The molecule has 0 saturated carbocycles. The van der Waals surface area contributed by atoms with Crippen LogP contribution in [-0.4, -0.2) is 27.5 Å². The molecule has 3 aromatic rings. The van der Waals surface area contributed by atoms with Gasteiger partial charge in [-0.15, -0.1) is 0 Å². The summed E-state index contributed by atoms with van der Waals surface area (Å²) in [5.41, 5.74) is -1.95. The second kappa shape index (κ2) is 8.46. The summed E-state index contributed by atoms with van der Waals surface area (Å²) < 4.78 is 85.3. The Morgan fingerprint density at radius 1 is 1.00 bits per heavy atom. The Kier molecular flexibility index (Phi) is 6.11. The molecule has 1 aromatic carbocycles. The minimum atomic E-state index is -4.60. The zero-order valence-corrected chi connectivity index (χ0v) is 15.8. The molecule has 0 aliphatic carbocycles. The SMILES string of the molecule is O=c1c(Cl)c(Oc2cccc(OCC(F)(F)F)c2)cnn1-c1ccc(C(F)(F)F)cn1. The molecular weight excluding hydrogens is 456 g/mol. The average molecular weight is 466 g/mol. The van der Waals surface area contributed by atoms with E-state index in [1.807, 2.05) is 0 Å². The summed E-state index contributed by atoms with van der Waals surface area (Å²) >= 11 is 5.98. The molecule has 0 aliphatic rings. The summed E-state index contributed by atoms with van der Waals surface area (Å²) in [5, 5.41) is 3.29. The summed E-state index contributed by atoms with van der Waals surface area (Å²) in [6, 6.07) is 6.81. The van der Waals surface area contributed by atoms with E-state index in [1.54, 1.807) is 0 Å². The molecule has 13 heteroatoms. The van der Waals surface area contributed by atoms with E-state index < -0.39 is 35.1 Å². The Balaban J connectivity index is 1.82. The zero-order valence-electron chi connectivity index (χ0n) is 15.0. The Morgan fingerprint density at radius 2 is 1.71 bits per heavy atom. The average Bonchev–Trinajstić information content (AvgIpc) is 2.69. The van der Waals surface area contributed by atoms with E-state index in [9.17, 15) is 31.1 Å². The molecular formula is C18H10ClF6N3O3. The van der Waals surface area contributed by atoms with Crippen LogP contribution < -0.4 is 15.0 Å². The van der Waals surface area contributed by atoms with E-state index in [0.29, 0.717) is 10.9 Å². The molecule has 2 heterocycles. The van der Waals surface area contributed by atoms with Gasteiger partial charge in [0, 0.05) is 12.3 Å². The molecule has 6 nitrogen and oxygen atoms in total. The number of halogens is 7. The highest BCUT2D eigenvalue weighted by Crippen LogP contribution is 2.30. The normalized spacial score (nSPS) is 12.0. The minimum Gasteiger partial charge on any atom is -0.484 e. The van der Waals surface area contributed by atoms with Crippen LogP contribution in [0, 0.1) is 0 Å². The van der Waals surface area contributed by atoms with E-state index in [1.165, 1.54) is 18.2 Å². The molecule has 3 rings (SSSR count). The van der Waals surface area contributed by atoms with Crippen LogP contribution in [0.5, 0.6) is 17.2 Å². The number of hydrogen-bond donors (Lipinski definition) is 0. The van der Waals surface area contributed by atoms with Gasteiger partial charge in [0.25, 0.3) is 5.56 Å². The molecule has 31 heavy (non-hydrogen) atoms. The first-order valence-electron chi connectivity index (χ1n) is 8.23. The number of benzene rings is 1. The van der Waals surface area contributed by atoms with Gasteiger partial charge in [0.05, 0.1) is 11.8 Å². The van der Waals surface area contributed by atoms with Gasteiger partial charge in [-0.05, 0) is 24.3 Å². The second-order valence-electron chi connectivity index (χ2n) is 5.92.